The van der Waals surface area contributed by atoms with Crippen molar-refractivity contribution in [3.8, 4) is 5.75 Å². The van der Waals surface area contributed by atoms with Crippen LogP contribution in [-0.4, -0.2) is 18.1 Å². The molecular weight excluding hydrogens is 504 g/mol. The van der Waals surface area contributed by atoms with Gasteiger partial charge in [-0.3, -0.25) is 10.1 Å². The Hall–Kier alpha value is -1.70. The van der Waals surface area contributed by atoms with Crippen LogP contribution in [0.15, 0.2) is 51.4 Å². The molecule has 0 unspecified atom stereocenters. The average molecular weight is 526 g/mol. The SMILES string of the molecule is CC[C@H](C)c1ccccc1NC(=S)NC(=O)/C=C/c1cc(Br)cc(Br)c1OC. The highest BCUT2D eigenvalue weighted by molar-refractivity contribution is 9.11. The molecule has 0 saturated carbocycles. The Labute approximate surface area is 188 Å². The van der Waals surface area contributed by atoms with E-state index in [4.69, 9.17) is 17.0 Å². The highest BCUT2D eigenvalue weighted by Crippen LogP contribution is 2.33. The van der Waals surface area contributed by atoms with Gasteiger partial charge in [0.1, 0.15) is 5.75 Å². The maximum absolute atomic E-state index is 12.3. The minimum atomic E-state index is -0.323. The second kappa shape index (κ2) is 10.7. The predicted octanol–water partition coefficient (Wildman–Crippen LogP) is 6.26. The zero-order valence-electron chi connectivity index (χ0n) is 15.9. The fraction of sp³-hybridized carbons (Fsp3) is 0.238. The molecule has 0 aliphatic heterocycles. The summed E-state index contributed by atoms with van der Waals surface area (Å²) in [6.45, 7) is 4.30. The van der Waals surface area contributed by atoms with Gasteiger partial charge in [-0.05, 0) is 70.3 Å². The molecular formula is C21H22Br2N2O2S. The lowest BCUT2D eigenvalue weighted by Crippen LogP contribution is -2.33. The summed E-state index contributed by atoms with van der Waals surface area (Å²) in [5, 5.41) is 6.06. The van der Waals surface area contributed by atoms with Gasteiger partial charge in [-0.2, -0.15) is 0 Å². The number of thiocarbonyl (C=S) groups is 1. The summed E-state index contributed by atoms with van der Waals surface area (Å²) in [6.07, 6.45) is 4.12. The quantitative estimate of drug-likeness (QED) is 0.345. The van der Waals surface area contributed by atoms with E-state index in [1.807, 2.05) is 30.3 Å². The molecule has 28 heavy (non-hydrogen) atoms. The number of hydrogen-bond acceptors (Lipinski definition) is 3. The van der Waals surface area contributed by atoms with Gasteiger partial charge in [-0.25, -0.2) is 0 Å². The van der Waals surface area contributed by atoms with E-state index in [0.717, 1.165) is 26.6 Å². The van der Waals surface area contributed by atoms with Crippen LogP contribution in [0.1, 0.15) is 37.3 Å². The van der Waals surface area contributed by atoms with Crippen LogP contribution in [0.4, 0.5) is 5.69 Å². The van der Waals surface area contributed by atoms with Gasteiger partial charge in [0.05, 0.1) is 11.6 Å². The summed E-state index contributed by atoms with van der Waals surface area (Å²) in [6, 6.07) is 11.7. The molecule has 7 heteroatoms. The number of benzene rings is 2. The van der Waals surface area contributed by atoms with Gasteiger partial charge in [0.25, 0.3) is 0 Å². The summed E-state index contributed by atoms with van der Waals surface area (Å²) in [7, 11) is 1.58. The van der Waals surface area contributed by atoms with Gasteiger partial charge < -0.3 is 10.1 Å². The third kappa shape index (κ3) is 6.15. The molecule has 0 aliphatic rings. The van der Waals surface area contributed by atoms with E-state index in [1.165, 1.54) is 11.6 Å². The minimum absolute atomic E-state index is 0.257. The molecule has 2 rings (SSSR count). The molecule has 4 nitrogen and oxygen atoms in total. The van der Waals surface area contributed by atoms with E-state index in [-0.39, 0.29) is 11.0 Å². The zero-order chi connectivity index (χ0) is 20.7. The largest absolute Gasteiger partial charge is 0.495 e. The lowest BCUT2D eigenvalue weighted by atomic mass is 9.97. The van der Waals surface area contributed by atoms with Crippen molar-refractivity contribution < 1.29 is 9.53 Å². The maximum atomic E-state index is 12.3. The van der Waals surface area contributed by atoms with Crippen LogP contribution in [-0.2, 0) is 4.79 Å². The molecule has 2 aromatic carbocycles. The van der Waals surface area contributed by atoms with Crippen molar-refractivity contribution in [3.63, 3.8) is 0 Å². The molecule has 2 aromatic rings. The first-order valence-electron chi connectivity index (χ1n) is 8.77. The molecule has 0 fully saturated rings. The normalized spacial score (nSPS) is 11.9. The van der Waals surface area contributed by atoms with Gasteiger partial charge in [0.2, 0.25) is 5.91 Å². The molecule has 0 spiro atoms. The summed E-state index contributed by atoms with van der Waals surface area (Å²) in [4.78, 5) is 12.3. The van der Waals surface area contributed by atoms with Gasteiger partial charge >= 0.3 is 0 Å². The molecule has 0 aliphatic carbocycles. The fourth-order valence-electron chi connectivity index (χ4n) is 2.65. The van der Waals surface area contributed by atoms with Crippen molar-refractivity contribution in [1.82, 2.24) is 5.32 Å². The van der Waals surface area contributed by atoms with Crippen LogP contribution in [0.5, 0.6) is 5.75 Å². The van der Waals surface area contributed by atoms with Gasteiger partial charge in [-0.1, -0.05) is 48.0 Å². The Morgan fingerprint density at radius 3 is 2.68 bits per heavy atom. The Kier molecular flexibility index (Phi) is 8.66. The van der Waals surface area contributed by atoms with E-state index in [9.17, 15) is 4.79 Å². The Morgan fingerprint density at radius 2 is 2.00 bits per heavy atom. The van der Waals surface area contributed by atoms with Crippen LogP contribution in [0.25, 0.3) is 6.08 Å². The second-order valence-electron chi connectivity index (χ2n) is 6.18. The van der Waals surface area contributed by atoms with Crippen molar-refractivity contribution >= 4 is 66.9 Å². The van der Waals surface area contributed by atoms with E-state index in [1.54, 1.807) is 13.2 Å². The molecule has 148 valence electrons. The topological polar surface area (TPSA) is 50.4 Å². The lowest BCUT2D eigenvalue weighted by Gasteiger charge is -2.16. The number of carbonyl (C=O) groups is 1. The van der Waals surface area contributed by atoms with Gasteiger partial charge in [0, 0.05) is 21.8 Å². The van der Waals surface area contributed by atoms with E-state index < -0.39 is 0 Å². The number of amides is 1. The van der Waals surface area contributed by atoms with Crippen molar-refractivity contribution in [1.29, 1.82) is 0 Å². The van der Waals surface area contributed by atoms with E-state index in [2.05, 4.69) is 62.4 Å². The monoisotopic (exact) mass is 524 g/mol. The summed E-state index contributed by atoms with van der Waals surface area (Å²) >= 11 is 12.2. The number of nitrogens with one attached hydrogen (secondary N) is 2. The molecule has 0 saturated heterocycles. The molecule has 1 atom stereocenters. The molecule has 0 aromatic heterocycles. The number of anilines is 1. The number of carbonyl (C=O) groups excluding carboxylic acids is 1. The van der Waals surface area contributed by atoms with Crippen molar-refractivity contribution in [2.75, 3.05) is 12.4 Å². The maximum Gasteiger partial charge on any atom is 0.250 e. The number of hydrogen-bond donors (Lipinski definition) is 2. The molecule has 0 bridgehead atoms. The number of rotatable bonds is 6. The molecule has 2 N–H and O–H groups in total. The summed E-state index contributed by atoms with van der Waals surface area (Å²) in [5.74, 6) is 0.719. The van der Waals surface area contributed by atoms with Crippen LogP contribution in [0.2, 0.25) is 0 Å². The van der Waals surface area contributed by atoms with Crippen LogP contribution in [0.3, 0.4) is 0 Å². The van der Waals surface area contributed by atoms with E-state index >= 15 is 0 Å². The highest BCUT2D eigenvalue weighted by atomic mass is 79.9. The fourth-order valence-corrected chi connectivity index (χ4v) is 4.28. The minimum Gasteiger partial charge on any atom is -0.495 e. The predicted molar refractivity (Wildman–Crippen MR) is 127 cm³/mol. The highest BCUT2D eigenvalue weighted by Gasteiger charge is 2.11. The first-order valence-corrected chi connectivity index (χ1v) is 10.8. The Morgan fingerprint density at radius 1 is 1.29 bits per heavy atom. The molecule has 0 heterocycles. The van der Waals surface area contributed by atoms with E-state index in [0.29, 0.717) is 11.7 Å². The Balaban J connectivity index is 2.07. The van der Waals surface area contributed by atoms with Crippen molar-refractivity contribution in [2.45, 2.75) is 26.2 Å². The third-order valence-electron chi connectivity index (χ3n) is 4.24. The molecule has 1 amide bonds. The van der Waals surface area contributed by atoms with Gasteiger partial charge in [-0.15, -0.1) is 0 Å². The van der Waals surface area contributed by atoms with Crippen LogP contribution >= 0.6 is 44.1 Å². The first kappa shape index (κ1) is 22.6. The average Bonchev–Trinajstić information content (AvgIpc) is 2.65. The number of ether oxygens (including phenoxy) is 1. The zero-order valence-corrected chi connectivity index (χ0v) is 19.9. The third-order valence-corrected chi connectivity index (χ3v) is 5.50. The Bertz CT molecular complexity index is 900. The number of methoxy groups -OCH3 is 1. The van der Waals surface area contributed by atoms with Crippen LogP contribution < -0.4 is 15.4 Å². The number of para-hydroxylation sites is 1. The van der Waals surface area contributed by atoms with Crippen molar-refractivity contribution in [2.24, 2.45) is 0 Å². The van der Waals surface area contributed by atoms with Gasteiger partial charge in [0.15, 0.2) is 5.11 Å². The molecule has 0 radical (unpaired) electrons. The summed E-state index contributed by atoms with van der Waals surface area (Å²) < 4.78 is 7.05. The number of halogens is 2. The first-order chi connectivity index (χ1) is 13.3. The van der Waals surface area contributed by atoms with Crippen LogP contribution in [0, 0.1) is 0 Å². The smallest absolute Gasteiger partial charge is 0.250 e. The lowest BCUT2D eigenvalue weighted by molar-refractivity contribution is -0.115. The van der Waals surface area contributed by atoms with Crippen molar-refractivity contribution in [3.05, 3.63) is 62.5 Å². The standard InChI is InChI=1S/C21H22Br2N2O2S/c1-4-13(2)16-7-5-6-8-18(16)24-21(28)25-19(26)10-9-14-11-15(22)12-17(23)20(14)27-3/h5-13H,4H2,1-3H3,(H2,24,25,26,28)/b10-9+/t13-/m0/s1. The summed E-state index contributed by atoms with van der Waals surface area (Å²) in [5.41, 5.74) is 2.84. The second-order valence-corrected chi connectivity index (χ2v) is 8.36.